The van der Waals surface area contributed by atoms with E-state index in [4.69, 9.17) is 0 Å². The second-order valence-corrected chi connectivity index (χ2v) is 4.63. The first-order valence-corrected chi connectivity index (χ1v) is 5.83. The topological polar surface area (TPSA) is 23.5 Å². The van der Waals surface area contributed by atoms with E-state index >= 15 is 0 Å². The number of aliphatic hydroxyl groups excluding tert-OH is 1. The molecule has 82 valence electrons. The molecular weight excluding hydrogens is 181 g/mol. The van der Waals surface area contributed by atoms with Gasteiger partial charge in [0, 0.05) is 19.1 Å². The highest BCUT2D eigenvalue weighted by atomic mass is 19.1. The van der Waals surface area contributed by atoms with Crippen LogP contribution in [0.4, 0.5) is 4.39 Å². The minimum absolute atomic E-state index is 0.145. The minimum Gasteiger partial charge on any atom is -0.393 e. The lowest BCUT2D eigenvalue weighted by Crippen LogP contribution is -2.48. The standard InChI is InChI=1S/C11H20FNO/c12-10-3-1-2-4-11(10)13-7-5-9(14)6-8-13/h9-11,14H,1-8H2/t10-,11+/m0/s1. The Morgan fingerprint density at radius 1 is 1.00 bits per heavy atom. The molecule has 2 nitrogen and oxygen atoms in total. The molecule has 2 atom stereocenters. The van der Waals surface area contributed by atoms with Crippen molar-refractivity contribution in [1.29, 1.82) is 0 Å². The van der Waals surface area contributed by atoms with Crippen LogP contribution < -0.4 is 0 Å². The number of piperidine rings is 1. The van der Waals surface area contributed by atoms with Gasteiger partial charge in [0.2, 0.25) is 0 Å². The van der Waals surface area contributed by atoms with Crippen molar-refractivity contribution in [3.63, 3.8) is 0 Å². The summed E-state index contributed by atoms with van der Waals surface area (Å²) in [5.41, 5.74) is 0. The van der Waals surface area contributed by atoms with Crippen LogP contribution in [0.1, 0.15) is 38.5 Å². The zero-order valence-electron chi connectivity index (χ0n) is 8.66. The molecule has 14 heavy (non-hydrogen) atoms. The van der Waals surface area contributed by atoms with Gasteiger partial charge in [-0.25, -0.2) is 4.39 Å². The molecule has 0 spiro atoms. The highest BCUT2D eigenvalue weighted by Gasteiger charge is 2.31. The fourth-order valence-electron chi connectivity index (χ4n) is 2.69. The van der Waals surface area contributed by atoms with E-state index in [9.17, 15) is 9.50 Å². The van der Waals surface area contributed by atoms with Crippen LogP contribution in [0.15, 0.2) is 0 Å². The Morgan fingerprint density at radius 3 is 2.29 bits per heavy atom. The van der Waals surface area contributed by atoms with E-state index in [1.807, 2.05) is 0 Å². The van der Waals surface area contributed by atoms with E-state index in [-0.39, 0.29) is 12.1 Å². The first-order valence-electron chi connectivity index (χ1n) is 5.83. The number of hydrogen-bond acceptors (Lipinski definition) is 2. The molecule has 2 fully saturated rings. The largest absolute Gasteiger partial charge is 0.393 e. The highest BCUT2D eigenvalue weighted by molar-refractivity contribution is 4.86. The molecule has 2 rings (SSSR count). The van der Waals surface area contributed by atoms with E-state index in [2.05, 4.69) is 4.90 Å². The number of aliphatic hydroxyl groups is 1. The molecule has 0 amide bonds. The molecule has 1 heterocycles. The van der Waals surface area contributed by atoms with Gasteiger partial charge in [0.1, 0.15) is 6.17 Å². The fourth-order valence-corrected chi connectivity index (χ4v) is 2.69. The van der Waals surface area contributed by atoms with Gasteiger partial charge < -0.3 is 5.11 Å². The van der Waals surface area contributed by atoms with Crippen LogP contribution in [-0.4, -0.2) is 41.4 Å². The molecule has 0 aromatic carbocycles. The summed E-state index contributed by atoms with van der Waals surface area (Å²) in [7, 11) is 0. The summed E-state index contributed by atoms with van der Waals surface area (Å²) in [6.45, 7) is 1.76. The monoisotopic (exact) mass is 201 g/mol. The lowest BCUT2D eigenvalue weighted by atomic mass is 9.91. The Balaban J connectivity index is 1.87. The quantitative estimate of drug-likeness (QED) is 0.698. The van der Waals surface area contributed by atoms with Crippen molar-refractivity contribution in [2.24, 2.45) is 0 Å². The zero-order valence-corrected chi connectivity index (χ0v) is 8.66. The number of halogens is 1. The third-order valence-electron chi connectivity index (χ3n) is 3.62. The molecule has 2 aliphatic rings. The van der Waals surface area contributed by atoms with Gasteiger partial charge in [-0.15, -0.1) is 0 Å². The number of likely N-dealkylation sites (tertiary alicyclic amines) is 1. The Morgan fingerprint density at radius 2 is 1.64 bits per heavy atom. The molecule has 0 radical (unpaired) electrons. The summed E-state index contributed by atoms with van der Waals surface area (Å²) in [6, 6.07) is 0.149. The number of alkyl halides is 1. The first kappa shape index (κ1) is 10.4. The van der Waals surface area contributed by atoms with Crippen molar-refractivity contribution in [3.8, 4) is 0 Å². The summed E-state index contributed by atoms with van der Waals surface area (Å²) in [5, 5.41) is 9.37. The summed E-state index contributed by atoms with van der Waals surface area (Å²) in [5.74, 6) is 0. The van der Waals surface area contributed by atoms with Crippen LogP contribution in [0, 0.1) is 0 Å². The van der Waals surface area contributed by atoms with Crippen LogP contribution in [0.2, 0.25) is 0 Å². The second kappa shape index (κ2) is 4.58. The third kappa shape index (κ3) is 2.26. The van der Waals surface area contributed by atoms with Crippen LogP contribution >= 0.6 is 0 Å². The van der Waals surface area contributed by atoms with E-state index in [0.717, 1.165) is 45.2 Å². The summed E-state index contributed by atoms with van der Waals surface area (Å²) < 4.78 is 13.6. The molecule has 0 bridgehead atoms. The Labute approximate surface area is 85.1 Å². The Hall–Kier alpha value is -0.150. The summed E-state index contributed by atoms with van der Waals surface area (Å²) in [4.78, 5) is 2.25. The molecule has 0 unspecified atom stereocenters. The predicted octanol–water partition coefficient (Wildman–Crippen LogP) is 1.72. The maximum atomic E-state index is 13.6. The van der Waals surface area contributed by atoms with Gasteiger partial charge in [0.05, 0.1) is 6.10 Å². The molecule has 1 saturated carbocycles. The molecule has 3 heteroatoms. The van der Waals surface area contributed by atoms with Crippen LogP contribution in [0.3, 0.4) is 0 Å². The van der Waals surface area contributed by atoms with E-state index in [1.54, 1.807) is 0 Å². The zero-order chi connectivity index (χ0) is 9.97. The van der Waals surface area contributed by atoms with Crippen molar-refractivity contribution >= 4 is 0 Å². The lowest BCUT2D eigenvalue weighted by Gasteiger charge is -2.39. The molecule has 1 aliphatic carbocycles. The third-order valence-corrected chi connectivity index (χ3v) is 3.62. The molecule has 0 aromatic rings. The Bertz CT molecular complexity index is 180. The van der Waals surface area contributed by atoms with Gasteiger partial charge in [0.15, 0.2) is 0 Å². The van der Waals surface area contributed by atoms with Gasteiger partial charge in [-0.3, -0.25) is 4.90 Å². The first-order chi connectivity index (χ1) is 6.77. The van der Waals surface area contributed by atoms with Gasteiger partial charge in [-0.1, -0.05) is 12.8 Å². The molecule has 1 saturated heterocycles. The normalized spacial score (nSPS) is 37.3. The average molecular weight is 201 g/mol. The summed E-state index contributed by atoms with van der Waals surface area (Å²) in [6.07, 6.45) is 4.85. The maximum absolute atomic E-state index is 13.6. The van der Waals surface area contributed by atoms with E-state index < -0.39 is 6.17 Å². The van der Waals surface area contributed by atoms with Gasteiger partial charge >= 0.3 is 0 Å². The van der Waals surface area contributed by atoms with E-state index in [1.165, 1.54) is 6.42 Å². The summed E-state index contributed by atoms with van der Waals surface area (Å²) >= 11 is 0. The van der Waals surface area contributed by atoms with Crippen molar-refractivity contribution in [3.05, 3.63) is 0 Å². The average Bonchev–Trinajstić information content (AvgIpc) is 2.20. The highest BCUT2D eigenvalue weighted by Crippen LogP contribution is 2.27. The van der Waals surface area contributed by atoms with E-state index in [0.29, 0.717) is 0 Å². The van der Waals surface area contributed by atoms with Crippen LogP contribution in [0.5, 0.6) is 0 Å². The van der Waals surface area contributed by atoms with Crippen LogP contribution in [0.25, 0.3) is 0 Å². The van der Waals surface area contributed by atoms with Crippen molar-refractivity contribution < 1.29 is 9.50 Å². The maximum Gasteiger partial charge on any atom is 0.116 e. The minimum atomic E-state index is -0.626. The molecule has 1 N–H and O–H groups in total. The fraction of sp³-hybridized carbons (Fsp3) is 1.00. The van der Waals surface area contributed by atoms with Gasteiger partial charge in [-0.2, -0.15) is 0 Å². The Kier molecular flexibility index (Phi) is 3.39. The van der Waals surface area contributed by atoms with Gasteiger partial charge in [0.25, 0.3) is 0 Å². The van der Waals surface area contributed by atoms with Crippen molar-refractivity contribution in [2.45, 2.75) is 56.8 Å². The number of hydrogen-bond donors (Lipinski definition) is 1. The number of nitrogens with zero attached hydrogens (tertiary/aromatic N) is 1. The second-order valence-electron chi connectivity index (χ2n) is 4.63. The van der Waals surface area contributed by atoms with Crippen molar-refractivity contribution in [2.75, 3.05) is 13.1 Å². The molecular formula is C11H20FNO. The molecule has 0 aromatic heterocycles. The predicted molar refractivity (Wildman–Crippen MR) is 54.0 cm³/mol. The van der Waals surface area contributed by atoms with Gasteiger partial charge in [-0.05, 0) is 25.7 Å². The smallest absolute Gasteiger partial charge is 0.116 e. The SMILES string of the molecule is OC1CCN([C@@H]2CCCC[C@@H]2F)CC1. The lowest BCUT2D eigenvalue weighted by molar-refractivity contribution is 0.0196. The van der Waals surface area contributed by atoms with Crippen LogP contribution in [-0.2, 0) is 0 Å². The number of rotatable bonds is 1. The van der Waals surface area contributed by atoms with Crippen molar-refractivity contribution in [1.82, 2.24) is 4.90 Å². The molecule has 1 aliphatic heterocycles.